The Hall–Kier alpha value is -6.91. The zero-order valence-corrected chi connectivity index (χ0v) is 33.9. The lowest BCUT2D eigenvalue weighted by atomic mass is 9.63. The van der Waals surface area contributed by atoms with Gasteiger partial charge in [-0.05, 0) is 116 Å². The number of nitrogens with zero attached hydrogens (tertiary/aromatic N) is 4. The zero-order chi connectivity index (χ0) is 39.9. The van der Waals surface area contributed by atoms with Gasteiger partial charge in [0.05, 0.1) is 11.0 Å². The molecule has 0 atom stereocenters. The lowest BCUT2D eigenvalue weighted by Crippen LogP contribution is -2.33. The first-order chi connectivity index (χ1) is 28.7. The average molecular weight is 761 g/mol. The van der Waals surface area contributed by atoms with E-state index < -0.39 is 0 Å². The van der Waals surface area contributed by atoms with Crippen LogP contribution in [0.25, 0.3) is 94.3 Å². The number of rotatable bonds is 5. The zero-order valence-electron chi connectivity index (χ0n) is 33.9. The highest BCUT2D eigenvalue weighted by molar-refractivity contribution is 6.10. The summed E-state index contributed by atoms with van der Waals surface area (Å²) in [5, 5.41) is 7.22. The van der Waals surface area contributed by atoms with Crippen LogP contribution >= 0.6 is 0 Å². The Kier molecular flexibility index (Phi) is 7.96. The summed E-state index contributed by atoms with van der Waals surface area (Å²) in [5.41, 5.74) is 12.1. The van der Waals surface area contributed by atoms with E-state index in [1.165, 1.54) is 67.7 Å². The Morgan fingerprint density at radius 2 is 0.881 bits per heavy atom. The summed E-state index contributed by atoms with van der Waals surface area (Å²) in [6.07, 6.45) is 2.37. The van der Waals surface area contributed by atoms with Crippen LogP contribution < -0.4 is 0 Å². The molecule has 4 nitrogen and oxygen atoms in total. The van der Waals surface area contributed by atoms with Crippen molar-refractivity contribution in [3.05, 3.63) is 181 Å². The van der Waals surface area contributed by atoms with Crippen LogP contribution in [0.2, 0.25) is 0 Å². The highest BCUT2D eigenvalue weighted by Gasteiger charge is 2.38. The minimum atomic E-state index is 0.110. The van der Waals surface area contributed by atoms with E-state index in [9.17, 15) is 0 Å². The van der Waals surface area contributed by atoms with E-state index in [0.29, 0.717) is 17.5 Å². The van der Waals surface area contributed by atoms with Gasteiger partial charge in [0.1, 0.15) is 0 Å². The number of para-hydroxylation sites is 1. The third-order valence-electron chi connectivity index (χ3n) is 12.9. The summed E-state index contributed by atoms with van der Waals surface area (Å²) in [6, 6.07) is 61.1. The van der Waals surface area contributed by atoms with Crippen molar-refractivity contribution >= 4 is 43.4 Å². The number of aromatic nitrogens is 4. The molecule has 1 aliphatic rings. The van der Waals surface area contributed by atoms with E-state index in [4.69, 9.17) is 15.0 Å². The molecule has 0 aliphatic heterocycles. The van der Waals surface area contributed by atoms with E-state index in [-0.39, 0.29) is 10.8 Å². The molecule has 0 spiro atoms. The summed E-state index contributed by atoms with van der Waals surface area (Å²) >= 11 is 0. The summed E-state index contributed by atoms with van der Waals surface area (Å²) in [5.74, 6) is 1.95. The molecule has 0 radical (unpaired) electrons. The first-order valence-corrected chi connectivity index (χ1v) is 20.7. The van der Waals surface area contributed by atoms with Crippen LogP contribution in [0.5, 0.6) is 0 Å². The monoisotopic (exact) mass is 760 g/mol. The molecular weight excluding hydrogens is 717 g/mol. The standard InChI is InChI=1S/C55H44N4/c1-54(2)27-28-55(3,4)48-34-50-46(33-47(48)54)45-17-11-12-18-49(45)59(50)44-26-25-36-19-23-42(31-43(36)32-44)53-57-51(37-15-9-6-10-16-37)56-52(58-53)41-24-22-39-29-38(20-21-40(39)30-41)35-13-7-5-8-14-35/h5-26,29-34H,27-28H2,1-4H3. The second-order valence-corrected chi connectivity index (χ2v) is 17.6. The molecule has 0 N–H and O–H groups in total. The van der Waals surface area contributed by atoms with Gasteiger partial charge >= 0.3 is 0 Å². The van der Waals surface area contributed by atoms with Gasteiger partial charge in [0.15, 0.2) is 17.5 Å². The highest BCUT2D eigenvalue weighted by Crippen LogP contribution is 2.48. The van der Waals surface area contributed by atoms with Crippen LogP contribution in [0.1, 0.15) is 51.7 Å². The maximum absolute atomic E-state index is 5.17. The molecule has 0 saturated carbocycles. The smallest absolute Gasteiger partial charge is 0.164 e. The van der Waals surface area contributed by atoms with Crippen LogP contribution in [0.3, 0.4) is 0 Å². The fraction of sp³-hybridized carbons (Fsp3) is 0.145. The van der Waals surface area contributed by atoms with Crippen LogP contribution in [0.15, 0.2) is 170 Å². The summed E-state index contributed by atoms with van der Waals surface area (Å²) in [7, 11) is 0. The second-order valence-electron chi connectivity index (χ2n) is 17.6. The summed E-state index contributed by atoms with van der Waals surface area (Å²) in [4.78, 5) is 15.3. The molecule has 0 fully saturated rings. The molecule has 2 aromatic heterocycles. The molecule has 0 unspecified atom stereocenters. The Labute approximate surface area is 344 Å². The normalized spacial score (nSPS) is 14.6. The third-order valence-corrected chi connectivity index (χ3v) is 12.9. The van der Waals surface area contributed by atoms with Crippen molar-refractivity contribution in [2.45, 2.75) is 51.4 Å². The number of fused-ring (bicyclic) bond motifs is 6. The molecular formula is C55H44N4. The van der Waals surface area contributed by atoms with Crippen molar-refractivity contribution in [3.63, 3.8) is 0 Å². The highest BCUT2D eigenvalue weighted by atomic mass is 15.0. The van der Waals surface area contributed by atoms with Crippen LogP contribution in [0, 0.1) is 0 Å². The third kappa shape index (κ3) is 6.01. The largest absolute Gasteiger partial charge is 0.309 e. The summed E-state index contributed by atoms with van der Waals surface area (Å²) < 4.78 is 2.46. The average Bonchev–Trinajstić information content (AvgIpc) is 3.61. The maximum Gasteiger partial charge on any atom is 0.164 e. The van der Waals surface area contributed by atoms with Gasteiger partial charge in [-0.1, -0.05) is 149 Å². The van der Waals surface area contributed by atoms with E-state index in [1.807, 2.05) is 18.2 Å². The Balaban J connectivity index is 1.05. The fourth-order valence-corrected chi connectivity index (χ4v) is 9.37. The van der Waals surface area contributed by atoms with Crippen molar-refractivity contribution in [3.8, 4) is 51.0 Å². The minimum Gasteiger partial charge on any atom is -0.309 e. The molecule has 59 heavy (non-hydrogen) atoms. The van der Waals surface area contributed by atoms with Crippen LogP contribution in [-0.2, 0) is 10.8 Å². The Morgan fingerprint density at radius 3 is 1.56 bits per heavy atom. The molecule has 2 heterocycles. The van der Waals surface area contributed by atoms with Gasteiger partial charge in [-0.15, -0.1) is 0 Å². The van der Waals surface area contributed by atoms with Gasteiger partial charge in [-0.2, -0.15) is 0 Å². The van der Waals surface area contributed by atoms with Crippen molar-refractivity contribution in [2.24, 2.45) is 0 Å². The molecule has 0 amide bonds. The predicted molar refractivity (Wildman–Crippen MR) is 246 cm³/mol. The molecule has 10 aromatic rings. The Morgan fingerprint density at radius 1 is 0.373 bits per heavy atom. The van der Waals surface area contributed by atoms with Gasteiger partial charge in [-0.3, -0.25) is 0 Å². The molecule has 0 saturated heterocycles. The van der Waals surface area contributed by atoms with E-state index in [1.54, 1.807) is 0 Å². The van der Waals surface area contributed by atoms with Crippen molar-refractivity contribution in [1.82, 2.24) is 19.5 Å². The minimum absolute atomic E-state index is 0.110. The molecule has 11 rings (SSSR count). The van der Waals surface area contributed by atoms with Crippen LogP contribution in [0.4, 0.5) is 0 Å². The lowest BCUT2D eigenvalue weighted by molar-refractivity contribution is 0.332. The van der Waals surface area contributed by atoms with Gasteiger partial charge in [-0.25, -0.2) is 15.0 Å². The van der Waals surface area contributed by atoms with Gasteiger partial charge < -0.3 is 4.57 Å². The number of benzene rings is 8. The fourth-order valence-electron chi connectivity index (χ4n) is 9.37. The van der Waals surface area contributed by atoms with E-state index in [0.717, 1.165) is 33.2 Å². The quantitative estimate of drug-likeness (QED) is 0.175. The molecule has 8 aromatic carbocycles. The van der Waals surface area contributed by atoms with Crippen LogP contribution in [-0.4, -0.2) is 19.5 Å². The van der Waals surface area contributed by atoms with E-state index in [2.05, 4.69) is 184 Å². The first-order valence-electron chi connectivity index (χ1n) is 20.7. The lowest BCUT2D eigenvalue weighted by Gasteiger charge is -2.42. The van der Waals surface area contributed by atoms with Gasteiger partial charge in [0.25, 0.3) is 0 Å². The maximum atomic E-state index is 5.17. The van der Waals surface area contributed by atoms with E-state index >= 15 is 0 Å². The predicted octanol–water partition coefficient (Wildman–Crippen LogP) is 14.3. The molecule has 4 heteroatoms. The topological polar surface area (TPSA) is 43.6 Å². The Bertz CT molecular complexity index is 3270. The van der Waals surface area contributed by atoms with Gasteiger partial charge in [0.2, 0.25) is 0 Å². The van der Waals surface area contributed by atoms with Crippen molar-refractivity contribution in [1.29, 1.82) is 0 Å². The molecule has 1 aliphatic carbocycles. The first kappa shape index (κ1) is 35.3. The number of hydrogen-bond donors (Lipinski definition) is 0. The van der Waals surface area contributed by atoms with Crippen molar-refractivity contribution in [2.75, 3.05) is 0 Å². The number of hydrogen-bond acceptors (Lipinski definition) is 3. The van der Waals surface area contributed by atoms with Crippen molar-refractivity contribution < 1.29 is 0 Å². The summed E-state index contributed by atoms with van der Waals surface area (Å²) in [6.45, 7) is 9.65. The van der Waals surface area contributed by atoms with Gasteiger partial charge in [0, 0.05) is 33.2 Å². The SMILES string of the molecule is CC1(C)CCC(C)(C)c2cc3c(cc21)c1ccccc1n3-c1ccc2ccc(-c3nc(-c4ccccc4)nc(-c4ccc5cc(-c6ccccc6)ccc5c4)n3)cc2c1. The second kappa shape index (κ2) is 13.3. The molecule has 0 bridgehead atoms. The molecule has 284 valence electrons.